The molecule has 6 nitrogen and oxygen atoms in total. The van der Waals surface area contributed by atoms with Crippen LogP contribution in [0.25, 0.3) is 0 Å². The number of rotatable bonds is 7. The van der Waals surface area contributed by atoms with Crippen LogP contribution in [0.1, 0.15) is 12.8 Å². The van der Waals surface area contributed by atoms with E-state index in [1.165, 1.54) is 0 Å². The molecule has 0 saturated heterocycles. The first-order chi connectivity index (χ1) is 9.63. The Bertz CT molecular complexity index is 566. The first-order valence-electron chi connectivity index (χ1n) is 6.26. The number of halogens is 2. The van der Waals surface area contributed by atoms with Crippen molar-refractivity contribution in [1.29, 1.82) is 0 Å². The quantitative estimate of drug-likeness (QED) is 0.719. The van der Waals surface area contributed by atoms with Crippen LogP contribution in [-0.4, -0.2) is 32.0 Å². The third-order valence-corrected chi connectivity index (χ3v) is 3.48. The molecule has 0 atom stereocenters. The van der Waals surface area contributed by atoms with Gasteiger partial charge in [0.2, 0.25) is 5.91 Å². The fourth-order valence-electron chi connectivity index (χ4n) is 1.69. The van der Waals surface area contributed by atoms with Crippen molar-refractivity contribution in [3.63, 3.8) is 0 Å². The van der Waals surface area contributed by atoms with Gasteiger partial charge < -0.3 is 5.32 Å². The minimum Gasteiger partial charge on any atom is -0.356 e. The minimum absolute atomic E-state index is 0.0401. The van der Waals surface area contributed by atoms with Gasteiger partial charge in [0, 0.05) is 38.4 Å². The smallest absolute Gasteiger partial charge is 0.221 e. The number of amides is 1. The molecule has 8 heteroatoms. The molecule has 2 heterocycles. The summed E-state index contributed by atoms with van der Waals surface area (Å²) in [6.45, 7) is 2.03. The molecule has 0 aliphatic heterocycles. The van der Waals surface area contributed by atoms with E-state index in [9.17, 15) is 4.79 Å². The Hall–Kier alpha value is -1.15. The molecule has 0 saturated carbocycles. The van der Waals surface area contributed by atoms with E-state index in [2.05, 4.69) is 47.4 Å². The van der Waals surface area contributed by atoms with Gasteiger partial charge in [0.05, 0.1) is 21.3 Å². The molecule has 1 N–H and O–H groups in total. The third-order valence-electron chi connectivity index (χ3n) is 2.66. The van der Waals surface area contributed by atoms with Gasteiger partial charge in [0.15, 0.2) is 0 Å². The van der Waals surface area contributed by atoms with E-state index in [4.69, 9.17) is 0 Å². The zero-order valence-corrected chi connectivity index (χ0v) is 14.0. The van der Waals surface area contributed by atoms with E-state index in [1.54, 1.807) is 17.1 Å². The van der Waals surface area contributed by atoms with Crippen molar-refractivity contribution in [2.24, 2.45) is 0 Å². The van der Waals surface area contributed by atoms with Crippen LogP contribution < -0.4 is 5.32 Å². The zero-order chi connectivity index (χ0) is 14.4. The van der Waals surface area contributed by atoms with E-state index in [1.807, 2.05) is 17.1 Å². The Labute approximate surface area is 133 Å². The molecule has 0 fully saturated rings. The molecule has 2 rings (SSSR count). The first-order valence-corrected chi connectivity index (χ1v) is 7.85. The van der Waals surface area contributed by atoms with Crippen molar-refractivity contribution in [3.8, 4) is 0 Å². The molecule has 0 aromatic carbocycles. The van der Waals surface area contributed by atoms with Gasteiger partial charge in [0.1, 0.15) is 0 Å². The summed E-state index contributed by atoms with van der Waals surface area (Å²) in [7, 11) is 0. The predicted molar refractivity (Wildman–Crippen MR) is 82.1 cm³/mol. The standard InChI is InChI=1S/C12H15Br2N5O/c13-10-6-16-18(8-10)4-1-3-15-12(20)2-5-19-9-11(14)7-17-19/h6-9H,1-5H2,(H,15,20). The molecule has 108 valence electrons. The zero-order valence-electron chi connectivity index (χ0n) is 10.8. The summed E-state index contributed by atoms with van der Waals surface area (Å²) in [4.78, 5) is 11.6. The largest absolute Gasteiger partial charge is 0.356 e. The average Bonchev–Trinajstić information content (AvgIpc) is 3.01. The van der Waals surface area contributed by atoms with Crippen molar-refractivity contribution in [1.82, 2.24) is 24.9 Å². The molecular formula is C12H15Br2N5O. The van der Waals surface area contributed by atoms with Crippen molar-refractivity contribution in [3.05, 3.63) is 33.7 Å². The lowest BCUT2D eigenvalue weighted by Gasteiger charge is -2.05. The summed E-state index contributed by atoms with van der Waals surface area (Å²) in [5.41, 5.74) is 0. The van der Waals surface area contributed by atoms with Gasteiger partial charge in [-0.3, -0.25) is 14.2 Å². The van der Waals surface area contributed by atoms with E-state index >= 15 is 0 Å². The Balaban J connectivity index is 1.58. The number of aromatic nitrogens is 4. The van der Waals surface area contributed by atoms with Crippen LogP contribution in [0.2, 0.25) is 0 Å². The van der Waals surface area contributed by atoms with Gasteiger partial charge in [0.25, 0.3) is 0 Å². The number of carbonyl (C=O) groups is 1. The van der Waals surface area contributed by atoms with Gasteiger partial charge in [-0.25, -0.2) is 0 Å². The maximum absolute atomic E-state index is 11.6. The summed E-state index contributed by atoms with van der Waals surface area (Å²) in [5.74, 6) is 0.0401. The molecule has 2 aromatic heterocycles. The van der Waals surface area contributed by atoms with Crippen LogP contribution >= 0.6 is 31.9 Å². The summed E-state index contributed by atoms with van der Waals surface area (Å²) in [6, 6.07) is 0. The second kappa shape index (κ2) is 7.58. The molecule has 2 aromatic rings. The molecule has 0 spiro atoms. The predicted octanol–water partition coefficient (Wildman–Crippen LogP) is 2.20. The summed E-state index contributed by atoms with van der Waals surface area (Å²) >= 11 is 6.66. The van der Waals surface area contributed by atoms with Crippen molar-refractivity contribution >= 4 is 37.8 Å². The highest BCUT2D eigenvalue weighted by Crippen LogP contribution is 2.07. The van der Waals surface area contributed by atoms with E-state index in [0.717, 1.165) is 21.9 Å². The van der Waals surface area contributed by atoms with Crippen LogP contribution in [0.4, 0.5) is 0 Å². The SMILES string of the molecule is O=C(CCn1cc(Br)cn1)NCCCn1cc(Br)cn1. The molecular weight excluding hydrogens is 390 g/mol. The average molecular weight is 405 g/mol. The number of hydrogen-bond acceptors (Lipinski definition) is 3. The van der Waals surface area contributed by atoms with E-state index < -0.39 is 0 Å². The number of hydrogen-bond donors (Lipinski definition) is 1. The molecule has 20 heavy (non-hydrogen) atoms. The normalized spacial score (nSPS) is 10.7. The molecule has 0 unspecified atom stereocenters. The summed E-state index contributed by atoms with van der Waals surface area (Å²) in [6.07, 6.45) is 8.51. The fourth-order valence-corrected chi connectivity index (χ4v) is 2.35. The summed E-state index contributed by atoms with van der Waals surface area (Å²) in [5, 5.41) is 11.1. The third kappa shape index (κ3) is 5.09. The van der Waals surface area contributed by atoms with Crippen molar-refractivity contribution in [2.45, 2.75) is 25.9 Å². The van der Waals surface area contributed by atoms with Gasteiger partial charge in [-0.05, 0) is 38.3 Å². The molecule has 1 amide bonds. The van der Waals surface area contributed by atoms with Gasteiger partial charge in [-0.2, -0.15) is 10.2 Å². The van der Waals surface area contributed by atoms with Gasteiger partial charge >= 0.3 is 0 Å². The lowest BCUT2D eigenvalue weighted by atomic mass is 10.3. The number of nitrogens with zero attached hydrogens (tertiary/aromatic N) is 4. The molecule has 0 aliphatic carbocycles. The fraction of sp³-hybridized carbons (Fsp3) is 0.417. The Morgan fingerprint density at radius 3 is 2.25 bits per heavy atom. The van der Waals surface area contributed by atoms with Crippen LogP contribution in [0.15, 0.2) is 33.7 Å². The first kappa shape index (κ1) is 15.2. The second-order valence-electron chi connectivity index (χ2n) is 4.30. The van der Waals surface area contributed by atoms with E-state index in [-0.39, 0.29) is 5.91 Å². The highest BCUT2D eigenvalue weighted by Gasteiger charge is 2.02. The highest BCUT2D eigenvalue weighted by atomic mass is 79.9. The molecule has 0 bridgehead atoms. The van der Waals surface area contributed by atoms with Crippen molar-refractivity contribution in [2.75, 3.05) is 6.54 Å². The van der Waals surface area contributed by atoms with Crippen LogP contribution in [0.5, 0.6) is 0 Å². The lowest BCUT2D eigenvalue weighted by Crippen LogP contribution is -2.26. The van der Waals surface area contributed by atoms with Gasteiger partial charge in [-0.15, -0.1) is 0 Å². The molecule has 0 aliphatic rings. The monoisotopic (exact) mass is 403 g/mol. The van der Waals surface area contributed by atoms with Crippen LogP contribution in [0, 0.1) is 0 Å². The number of aryl methyl sites for hydroxylation is 2. The lowest BCUT2D eigenvalue weighted by molar-refractivity contribution is -0.121. The number of nitrogens with one attached hydrogen (secondary N) is 1. The van der Waals surface area contributed by atoms with Crippen molar-refractivity contribution < 1.29 is 4.79 Å². The maximum Gasteiger partial charge on any atom is 0.221 e. The maximum atomic E-state index is 11.6. The summed E-state index contributed by atoms with van der Waals surface area (Å²) < 4.78 is 5.47. The Kier molecular flexibility index (Phi) is 5.78. The van der Waals surface area contributed by atoms with Crippen LogP contribution in [0.3, 0.4) is 0 Å². The van der Waals surface area contributed by atoms with Gasteiger partial charge in [-0.1, -0.05) is 0 Å². The van der Waals surface area contributed by atoms with E-state index in [0.29, 0.717) is 19.5 Å². The van der Waals surface area contributed by atoms with Crippen LogP contribution in [-0.2, 0) is 17.9 Å². The topological polar surface area (TPSA) is 64.7 Å². The minimum atomic E-state index is 0.0401. The Morgan fingerprint density at radius 1 is 1.10 bits per heavy atom. The second-order valence-corrected chi connectivity index (χ2v) is 6.13. The Morgan fingerprint density at radius 2 is 1.70 bits per heavy atom. The highest BCUT2D eigenvalue weighted by molar-refractivity contribution is 9.10. The number of carbonyl (C=O) groups excluding carboxylic acids is 1. The molecule has 0 radical (unpaired) electrons.